The molecule has 2 aromatic heterocycles. The molecule has 0 saturated carbocycles. The molecular formula is C23H29N7O5. The standard InChI is InChI=1S/C23H29N7O5/c1-15-12-16(22(33)30-20(15)21(32)28-23(30)3-8-34-9-4-23)26-17-13-18(25-14-24-17)27-19(31)2-5-29-6-10-35-11-7-29/h12-14H,2-11H2,1H3,(H,28,32)(H2,24,25,26,27,31). The van der Waals surface area contributed by atoms with E-state index < -0.39 is 5.66 Å². The average Bonchev–Trinajstić information content (AvgIpc) is 3.14. The first-order valence-corrected chi connectivity index (χ1v) is 11.8. The summed E-state index contributed by atoms with van der Waals surface area (Å²) < 4.78 is 12.3. The smallest absolute Gasteiger partial charge is 0.276 e. The lowest BCUT2D eigenvalue weighted by Crippen LogP contribution is -2.51. The fourth-order valence-corrected chi connectivity index (χ4v) is 4.83. The van der Waals surface area contributed by atoms with Crippen molar-refractivity contribution in [3.05, 3.63) is 40.1 Å². The Morgan fingerprint density at radius 1 is 1.09 bits per heavy atom. The monoisotopic (exact) mass is 483 g/mol. The molecule has 0 bridgehead atoms. The zero-order valence-electron chi connectivity index (χ0n) is 19.6. The van der Waals surface area contributed by atoms with Crippen LogP contribution >= 0.6 is 0 Å². The van der Waals surface area contributed by atoms with Gasteiger partial charge in [0.05, 0.1) is 26.4 Å². The van der Waals surface area contributed by atoms with E-state index in [0.717, 1.165) is 13.1 Å². The van der Waals surface area contributed by atoms with E-state index in [-0.39, 0.29) is 23.1 Å². The van der Waals surface area contributed by atoms with Crippen molar-refractivity contribution in [1.82, 2.24) is 24.8 Å². The highest BCUT2D eigenvalue weighted by Gasteiger charge is 2.45. The Labute approximate surface area is 202 Å². The molecule has 0 aliphatic carbocycles. The number of carbonyl (C=O) groups excluding carboxylic acids is 2. The summed E-state index contributed by atoms with van der Waals surface area (Å²) in [5.41, 5.74) is 0.240. The minimum absolute atomic E-state index is 0.152. The summed E-state index contributed by atoms with van der Waals surface area (Å²) >= 11 is 0. The molecule has 3 N–H and O–H groups in total. The van der Waals surface area contributed by atoms with Crippen LogP contribution < -0.4 is 21.5 Å². The predicted octanol–water partition coefficient (Wildman–Crippen LogP) is 0.558. The topological polar surface area (TPSA) is 140 Å². The van der Waals surface area contributed by atoms with Crippen molar-refractivity contribution in [3.8, 4) is 0 Å². The Hall–Kier alpha value is -3.35. The van der Waals surface area contributed by atoms with Crippen LogP contribution in [0.15, 0.2) is 23.3 Å². The molecular weight excluding hydrogens is 454 g/mol. The molecule has 2 saturated heterocycles. The van der Waals surface area contributed by atoms with Crippen LogP contribution in [-0.2, 0) is 19.9 Å². The quantitative estimate of drug-likeness (QED) is 0.538. The molecule has 3 aliphatic rings. The maximum absolute atomic E-state index is 13.5. The number of aromatic nitrogens is 3. The summed E-state index contributed by atoms with van der Waals surface area (Å²) in [4.78, 5) is 49.1. The van der Waals surface area contributed by atoms with Crippen molar-refractivity contribution in [2.45, 2.75) is 31.8 Å². The van der Waals surface area contributed by atoms with Crippen LogP contribution in [0, 0.1) is 6.92 Å². The van der Waals surface area contributed by atoms with Gasteiger partial charge in [-0.05, 0) is 18.6 Å². The molecule has 1 spiro atoms. The number of ether oxygens (including phenoxy) is 2. The van der Waals surface area contributed by atoms with Gasteiger partial charge in [0.2, 0.25) is 5.91 Å². The van der Waals surface area contributed by atoms with Gasteiger partial charge in [0.25, 0.3) is 11.5 Å². The van der Waals surface area contributed by atoms with Crippen molar-refractivity contribution in [2.24, 2.45) is 0 Å². The SMILES string of the molecule is Cc1cc(Nc2cc(NC(=O)CCN3CCOCC3)ncn2)c(=O)n2c1C(=O)NC21CCOCC1. The fourth-order valence-electron chi connectivity index (χ4n) is 4.83. The van der Waals surface area contributed by atoms with E-state index in [4.69, 9.17) is 9.47 Å². The molecule has 5 rings (SSSR count). The lowest BCUT2D eigenvalue weighted by molar-refractivity contribution is -0.116. The van der Waals surface area contributed by atoms with Crippen molar-refractivity contribution in [2.75, 3.05) is 56.7 Å². The third-order valence-electron chi connectivity index (χ3n) is 6.66. The Kier molecular flexibility index (Phi) is 6.50. The molecule has 5 heterocycles. The maximum Gasteiger partial charge on any atom is 0.276 e. The number of amides is 2. The molecule has 12 nitrogen and oxygen atoms in total. The van der Waals surface area contributed by atoms with E-state index in [9.17, 15) is 14.4 Å². The molecule has 0 aromatic carbocycles. The average molecular weight is 484 g/mol. The number of fused-ring (bicyclic) bond motifs is 2. The van der Waals surface area contributed by atoms with Crippen LogP contribution in [0.5, 0.6) is 0 Å². The second-order valence-electron chi connectivity index (χ2n) is 8.99. The highest BCUT2D eigenvalue weighted by molar-refractivity contribution is 5.97. The summed E-state index contributed by atoms with van der Waals surface area (Å²) in [6.45, 7) is 6.38. The third-order valence-corrected chi connectivity index (χ3v) is 6.66. The number of carbonyl (C=O) groups is 2. The van der Waals surface area contributed by atoms with Gasteiger partial charge in [-0.25, -0.2) is 9.97 Å². The summed E-state index contributed by atoms with van der Waals surface area (Å²) in [6, 6.07) is 3.22. The van der Waals surface area contributed by atoms with Gasteiger partial charge in [-0.3, -0.25) is 23.9 Å². The highest BCUT2D eigenvalue weighted by Crippen LogP contribution is 2.33. The molecule has 0 unspecified atom stereocenters. The largest absolute Gasteiger partial charge is 0.381 e. The number of rotatable bonds is 6. The van der Waals surface area contributed by atoms with E-state index in [1.807, 2.05) is 0 Å². The Balaban J connectivity index is 1.32. The van der Waals surface area contributed by atoms with Gasteiger partial charge in [0.1, 0.15) is 35.0 Å². The minimum Gasteiger partial charge on any atom is -0.381 e. The fraction of sp³-hybridized carbons (Fsp3) is 0.522. The van der Waals surface area contributed by atoms with Crippen LogP contribution in [0.4, 0.5) is 17.3 Å². The molecule has 12 heteroatoms. The third kappa shape index (κ3) is 4.77. The summed E-state index contributed by atoms with van der Waals surface area (Å²) in [5, 5.41) is 8.84. The van der Waals surface area contributed by atoms with Gasteiger partial charge >= 0.3 is 0 Å². The van der Waals surface area contributed by atoms with E-state index >= 15 is 0 Å². The Bertz CT molecular complexity index is 1190. The number of anilines is 3. The lowest BCUT2D eigenvalue weighted by atomic mass is 10.0. The zero-order chi connectivity index (χ0) is 24.4. The van der Waals surface area contributed by atoms with Crippen molar-refractivity contribution >= 4 is 29.1 Å². The van der Waals surface area contributed by atoms with Gasteiger partial charge in [-0.2, -0.15) is 0 Å². The summed E-state index contributed by atoms with van der Waals surface area (Å²) in [5.74, 6) is 0.293. The number of hydrogen-bond donors (Lipinski definition) is 3. The minimum atomic E-state index is -0.782. The van der Waals surface area contributed by atoms with Crippen LogP contribution in [0.1, 0.15) is 35.3 Å². The van der Waals surface area contributed by atoms with Crippen molar-refractivity contribution < 1.29 is 19.1 Å². The van der Waals surface area contributed by atoms with E-state index in [1.165, 1.54) is 6.33 Å². The number of pyridine rings is 1. The van der Waals surface area contributed by atoms with E-state index in [1.54, 1.807) is 23.6 Å². The lowest BCUT2D eigenvalue weighted by Gasteiger charge is -2.35. The van der Waals surface area contributed by atoms with Crippen LogP contribution in [0.2, 0.25) is 0 Å². The number of nitrogens with one attached hydrogen (secondary N) is 3. The molecule has 35 heavy (non-hydrogen) atoms. The second kappa shape index (κ2) is 9.72. The predicted molar refractivity (Wildman–Crippen MR) is 127 cm³/mol. The molecule has 0 atom stereocenters. The Morgan fingerprint density at radius 2 is 1.80 bits per heavy atom. The highest BCUT2D eigenvalue weighted by atomic mass is 16.5. The molecule has 2 amide bonds. The van der Waals surface area contributed by atoms with Gasteiger partial charge in [0, 0.05) is 45.0 Å². The van der Waals surface area contributed by atoms with Crippen molar-refractivity contribution in [3.63, 3.8) is 0 Å². The summed E-state index contributed by atoms with van der Waals surface area (Å²) in [6.07, 6.45) is 2.69. The molecule has 3 aliphatic heterocycles. The van der Waals surface area contributed by atoms with Crippen molar-refractivity contribution in [1.29, 1.82) is 0 Å². The molecule has 2 fully saturated rings. The van der Waals surface area contributed by atoms with Gasteiger partial charge in [-0.15, -0.1) is 0 Å². The first-order valence-electron chi connectivity index (χ1n) is 11.8. The number of nitrogens with zero attached hydrogens (tertiary/aromatic N) is 4. The number of hydrogen-bond acceptors (Lipinski definition) is 9. The summed E-state index contributed by atoms with van der Waals surface area (Å²) in [7, 11) is 0. The van der Waals surface area contributed by atoms with Crippen LogP contribution in [-0.4, -0.2) is 77.3 Å². The van der Waals surface area contributed by atoms with Gasteiger partial charge in [0.15, 0.2) is 0 Å². The van der Waals surface area contributed by atoms with Crippen LogP contribution in [0.3, 0.4) is 0 Å². The maximum atomic E-state index is 13.5. The van der Waals surface area contributed by atoms with Crippen LogP contribution in [0.25, 0.3) is 0 Å². The first kappa shape index (κ1) is 23.4. The zero-order valence-corrected chi connectivity index (χ0v) is 19.6. The second-order valence-corrected chi connectivity index (χ2v) is 8.99. The van der Waals surface area contributed by atoms with E-state index in [2.05, 4.69) is 30.8 Å². The number of aryl methyl sites for hydroxylation is 1. The number of morpholine rings is 1. The Morgan fingerprint density at radius 3 is 2.57 bits per heavy atom. The van der Waals surface area contributed by atoms with Gasteiger partial charge in [-0.1, -0.05) is 0 Å². The molecule has 2 aromatic rings. The normalized spacial score (nSPS) is 19.3. The van der Waals surface area contributed by atoms with Gasteiger partial charge < -0.3 is 25.4 Å². The molecule has 186 valence electrons. The van der Waals surface area contributed by atoms with E-state index in [0.29, 0.717) is 75.1 Å². The molecule has 0 radical (unpaired) electrons. The first-order chi connectivity index (χ1) is 16.9.